The van der Waals surface area contributed by atoms with Crippen molar-refractivity contribution in [2.45, 2.75) is 0 Å². The fraction of sp³-hybridized carbons (Fsp3) is 0.150. The number of aryl methyl sites for hydroxylation is 1. The molecule has 8 nitrogen and oxygen atoms in total. The predicted octanol–water partition coefficient (Wildman–Crippen LogP) is 4.25. The first kappa shape index (κ1) is 21.5. The van der Waals surface area contributed by atoms with Gasteiger partial charge in [0.1, 0.15) is 17.2 Å². The number of nitrogens with one attached hydrogen (secondary N) is 2. The lowest BCUT2D eigenvalue weighted by Gasteiger charge is -2.11. The highest BCUT2D eigenvalue weighted by Gasteiger charge is 2.23. The van der Waals surface area contributed by atoms with Crippen LogP contribution in [0.2, 0.25) is 10.0 Å². The van der Waals surface area contributed by atoms with E-state index in [-0.39, 0.29) is 11.3 Å². The second-order valence-corrected chi connectivity index (χ2v) is 6.95. The van der Waals surface area contributed by atoms with Crippen LogP contribution in [0, 0.1) is 0 Å². The van der Waals surface area contributed by atoms with Crippen LogP contribution in [-0.2, 0) is 7.05 Å². The summed E-state index contributed by atoms with van der Waals surface area (Å²) >= 11 is 12.2. The van der Waals surface area contributed by atoms with Crippen molar-refractivity contribution in [1.82, 2.24) is 9.78 Å². The zero-order chi connectivity index (χ0) is 21.8. The quantitative estimate of drug-likeness (QED) is 0.587. The first-order valence-electron chi connectivity index (χ1n) is 8.65. The molecule has 1 aromatic heterocycles. The van der Waals surface area contributed by atoms with Crippen molar-refractivity contribution in [3.63, 3.8) is 0 Å². The van der Waals surface area contributed by atoms with Crippen LogP contribution < -0.4 is 20.1 Å². The predicted molar refractivity (Wildman–Crippen MR) is 115 cm³/mol. The van der Waals surface area contributed by atoms with E-state index in [9.17, 15) is 9.59 Å². The van der Waals surface area contributed by atoms with Crippen molar-refractivity contribution in [3.8, 4) is 11.5 Å². The molecule has 0 atom stereocenters. The van der Waals surface area contributed by atoms with Gasteiger partial charge in [-0.15, -0.1) is 0 Å². The van der Waals surface area contributed by atoms with Crippen LogP contribution >= 0.6 is 23.2 Å². The molecule has 0 aliphatic rings. The fourth-order valence-electron chi connectivity index (χ4n) is 2.75. The monoisotopic (exact) mass is 448 g/mol. The van der Waals surface area contributed by atoms with E-state index in [1.165, 1.54) is 25.1 Å². The molecule has 2 N–H and O–H groups in total. The van der Waals surface area contributed by atoms with Crippen LogP contribution in [0.15, 0.2) is 42.6 Å². The fourth-order valence-corrected chi connectivity index (χ4v) is 3.27. The third-order valence-corrected chi connectivity index (χ3v) is 4.81. The summed E-state index contributed by atoms with van der Waals surface area (Å²) in [6.45, 7) is 0. The molecular weight excluding hydrogens is 431 g/mol. The number of ether oxygens (including phenoxy) is 2. The van der Waals surface area contributed by atoms with Crippen LogP contribution in [0.4, 0.5) is 11.4 Å². The van der Waals surface area contributed by atoms with Gasteiger partial charge in [0.15, 0.2) is 0 Å². The van der Waals surface area contributed by atoms with Gasteiger partial charge in [0.05, 0.1) is 36.0 Å². The number of amides is 2. The third kappa shape index (κ3) is 4.50. The number of carbonyl (C=O) groups excluding carboxylic acids is 2. The Bertz CT molecular complexity index is 1110. The van der Waals surface area contributed by atoms with Crippen molar-refractivity contribution in [2.75, 3.05) is 24.9 Å². The van der Waals surface area contributed by atoms with Crippen molar-refractivity contribution in [1.29, 1.82) is 0 Å². The number of benzene rings is 2. The lowest BCUT2D eigenvalue weighted by Crippen LogP contribution is -2.22. The second kappa shape index (κ2) is 9.06. The Hall–Kier alpha value is -3.23. The van der Waals surface area contributed by atoms with Gasteiger partial charge in [-0.3, -0.25) is 14.3 Å². The molecular formula is C20H18Cl2N4O4. The molecule has 156 valence electrons. The molecule has 0 unspecified atom stereocenters. The molecule has 10 heteroatoms. The summed E-state index contributed by atoms with van der Waals surface area (Å²) in [4.78, 5) is 25.6. The van der Waals surface area contributed by atoms with Gasteiger partial charge >= 0.3 is 0 Å². The zero-order valence-electron chi connectivity index (χ0n) is 16.3. The van der Waals surface area contributed by atoms with Gasteiger partial charge in [-0.1, -0.05) is 23.2 Å². The Morgan fingerprint density at radius 2 is 1.40 bits per heavy atom. The van der Waals surface area contributed by atoms with Crippen LogP contribution in [-0.4, -0.2) is 35.8 Å². The van der Waals surface area contributed by atoms with Gasteiger partial charge in [-0.25, -0.2) is 0 Å². The molecule has 3 aromatic rings. The van der Waals surface area contributed by atoms with Gasteiger partial charge in [0, 0.05) is 18.4 Å². The molecule has 2 amide bonds. The van der Waals surface area contributed by atoms with Crippen molar-refractivity contribution < 1.29 is 19.1 Å². The van der Waals surface area contributed by atoms with E-state index >= 15 is 0 Å². The molecule has 0 aliphatic carbocycles. The van der Waals surface area contributed by atoms with E-state index in [0.717, 1.165) is 0 Å². The number of hydrogen-bond acceptors (Lipinski definition) is 5. The molecule has 2 aromatic carbocycles. The Kier molecular flexibility index (Phi) is 6.49. The standard InChI is InChI=1S/C20H18Cl2N4O4/c1-26-18(20(28)25-12-5-7-17(30-3)15(22)9-12)13(10-23-26)19(27)24-11-4-6-16(29-2)14(21)8-11/h4-10H,1-3H3,(H,24,27)(H,25,28). The summed E-state index contributed by atoms with van der Waals surface area (Å²) in [5.74, 6) is -0.0703. The maximum atomic E-state index is 12.8. The average Bonchev–Trinajstić information content (AvgIpc) is 3.10. The topological polar surface area (TPSA) is 94.5 Å². The molecule has 0 aliphatic heterocycles. The van der Waals surface area contributed by atoms with Crippen molar-refractivity contribution in [3.05, 3.63) is 63.9 Å². The maximum absolute atomic E-state index is 12.8. The van der Waals surface area contributed by atoms with Crippen LogP contribution in [0.1, 0.15) is 20.8 Å². The first-order chi connectivity index (χ1) is 14.3. The van der Waals surface area contributed by atoms with E-state index in [4.69, 9.17) is 32.7 Å². The first-order valence-corrected chi connectivity index (χ1v) is 9.41. The number of anilines is 2. The highest BCUT2D eigenvalue weighted by Crippen LogP contribution is 2.29. The zero-order valence-corrected chi connectivity index (χ0v) is 17.8. The summed E-state index contributed by atoms with van der Waals surface area (Å²) in [5, 5.41) is 10.1. The number of nitrogens with zero attached hydrogens (tertiary/aromatic N) is 2. The summed E-state index contributed by atoms with van der Waals surface area (Å²) in [6, 6.07) is 9.63. The number of methoxy groups -OCH3 is 2. The average molecular weight is 449 g/mol. The number of halogens is 2. The highest BCUT2D eigenvalue weighted by molar-refractivity contribution is 6.32. The molecule has 0 saturated carbocycles. The van der Waals surface area contributed by atoms with E-state index in [0.29, 0.717) is 32.9 Å². The van der Waals surface area contributed by atoms with Gasteiger partial charge in [0.25, 0.3) is 11.8 Å². The normalized spacial score (nSPS) is 10.4. The summed E-state index contributed by atoms with van der Waals surface area (Å²) in [7, 11) is 4.56. The molecule has 0 saturated heterocycles. The van der Waals surface area contributed by atoms with Gasteiger partial charge in [-0.2, -0.15) is 5.10 Å². The Morgan fingerprint density at radius 3 is 1.87 bits per heavy atom. The highest BCUT2D eigenvalue weighted by atomic mass is 35.5. The summed E-state index contributed by atoms with van der Waals surface area (Å²) in [6.07, 6.45) is 1.32. The number of carbonyl (C=O) groups is 2. The maximum Gasteiger partial charge on any atom is 0.274 e. The van der Waals surface area contributed by atoms with Crippen molar-refractivity contribution >= 4 is 46.4 Å². The third-order valence-electron chi connectivity index (χ3n) is 4.22. The van der Waals surface area contributed by atoms with Crippen molar-refractivity contribution in [2.24, 2.45) is 7.05 Å². The van der Waals surface area contributed by atoms with E-state index < -0.39 is 11.8 Å². The molecule has 0 radical (unpaired) electrons. The molecule has 3 rings (SSSR count). The minimum Gasteiger partial charge on any atom is -0.495 e. The lowest BCUT2D eigenvalue weighted by atomic mass is 10.2. The lowest BCUT2D eigenvalue weighted by molar-refractivity contribution is 0.0985. The molecule has 30 heavy (non-hydrogen) atoms. The van der Waals surface area contributed by atoms with E-state index in [1.54, 1.807) is 43.4 Å². The van der Waals surface area contributed by atoms with E-state index in [2.05, 4.69) is 15.7 Å². The van der Waals surface area contributed by atoms with E-state index in [1.807, 2.05) is 0 Å². The molecule has 0 fully saturated rings. The Balaban J connectivity index is 1.81. The molecule has 0 bridgehead atoms. The van der Waals surface area contributed by atoms with Crippen LogP contribution in [0.5, 0.6) is 11.5 Å². The summed E-state index contributed by atoms with van der Waals surface area (Å²) in [5.41, 5.74) is 1.07. The van der Waals surface area contributed by atoms with Gasteiger partial charge < -0.3 is 20.1 Å². The van der Waals surface area contributed by atoms with Gasteiger partial charge in [0.2, 0.25) is 0 Å². The number of aromatic nitrogens is 2. The van der Waals surface area contributed by atoms with Crippen LogP contribution in [0.25, 0.3) is 0 Å². The van der Waals surface area contributed by atoms with Crippen LogP contribution in [0.3, 0.4) is 0 Å². The minimum atomic E-state index is -0.519. The summed E-state index contributed by atoms with van der Waals surface area (Å²) < 4.78 is 11.5. The second-order valence-electron chi connectivity index (χ2n) is 6.14. The largest absolute Gasteiger partial charge is 0.495 e. The number of hydrogen-bond donors (Lipinski definition) is 2. The van der Waals surface area contributed by atoms with Gasteiger partial charge in [-0.05, 0) is 36.4 Å². The SMILES string of the molecule is COc1ccc(NC(=O)c2cnn(C)c2C(=O)Nc2ccc(OC)c(Cl)c2)cc1Cl. The Morgan fingerprint density at radius 1 is 0.900 bits per heavy atom. The smallest absolute Gasteiger partial charge is 0.274 e. The Labute approximate surface area is 182 Å². The number of rotatable bonds is 6. The molecule has 1 heterocycles. The minimum absolute atomic E-state index is 0.0825. The molecule has 0 spiro atoms.